The van der Waals surface area contributed by atoms with Crippen molar-refractivity contribution < 1.29 is 9.59 Å². The second kappa shape index (κ2) is 5.69. The Hall–Kier alpha value is -2.10. The van der Waals surface area contributed by atoms with Crippen molar-refractivity contribution >= 4 is 17.5 Å². The van der Waals surface area contributed by atoms with Gasteiger partial charge in [0.1, 0.15) is 5.70 Å². The van der Waals surface area contributed by atoms with E-state index in [9.17, 15) is 9.59 Å². The predicted octanol–water partition coefficient (Wildman–Crippen LogP) is 2.14. The lowest BCUT2D eigenvalue weighted by Crippen LogP contribution is -2.33. The maximum absolute atomic E-state index is 12.2. The highest BCUT2D eigenvalue weighted by Gasteiger charge is 2.31. The number of anilines is 1. The summed E-state index contributed by atoms with van der Waals surface area (Å²) < 4.78 is 0. The number of nitrogens with one attached hydrogen (secondary N) is 1. The van der Waals surface area contributed by atoms with Gasteiger partial charge in [0.05, 0.1) is 5.69 Å². The Labute approximate surface area is 113 Å². The summed E-state index contributed by atoms with van der Waals surface area (Å²) in [6.07, 6.45) is 3.39. The van der Waals surface area contributed by atoms with Gasteiger partial charge in [-0.05, 0) is 25.5 Å². The second-order valence-corrected chi connectivity index (χ2v) is 4.65. The van der Waals surface area contributed by atoms with Crippen LogP contribution in [0, 0.1) is 6.92 Å². The van der Waals surface area contributed by atoms with E-state index in [-0.39, 0.29) is 11.8 Å². The van der Waals surface area contributed by atoms with Gasteiger partial charge < -0.3 is 5.32 Å². The molecule has 4 nitrogen and oxygen atoms in total. The molecule has 1 heterocycles. The number of carbonyl (C=O) groups excluding carboxylic acids is 2. The van der Waals surface area contributed by atoms with Gasteiger partial charge in [0.25, 0.3) is 11.8 Å². The molecule has 1 aliphatic rings. The fourth-order valence-electron chi connectivity index (χ4n) is 1.94. The highest BCUT2D eigenvalue weighted by molar-refractivity contribution is 6.30. The Morgan fingerprint density at radius 3 is 2.47 bits per heavy atom. The zero-order valence-electron chi connectivity index (χ0n) is 11.3. The van der Waals surface area contributed by atoms with E-state index in [1.807, 2.05) is 19.1 Å². The number of hydrogen-bond donors (Lipinski definition) is 1. The maximum atomic E-state index is 12.2. The van der Waals surface area contributed by atoms with Gasteiger partial charge in [-0.15, -0.1) is 0 Å². The van der Waals surface area contributed by atoms with Gasteiger partial charge in [-0.1, -0.05) is 31.0 Å². The van der Waals surface area contributed by atoms with E-state index in [0.717, 1.165) is 18.4 Å². The SMILES string of the molecule is CCCCNC1=CC(=O)N(c2ccc(C)cc2)C1=O. The topological polar surface area (TPSA) is 49.4 Å². The highest BCUT2D eigenvalue weighted by atomic mass is 16.2. The molecule has 2 rings (SSSR count). The Morgan fingerprint density at radius 2 is 1.84 bits per heavy atom. The predicted molar refractivity (Wildman–Crippen MR) is 74.7 cm³/mol. The van der Waals surface area contributed by atoms with Crippen LogP contribution in [0.3, 0.4) is 0 Å². The summed E-state index contributed by atoms with van der Waals surface area (Å²) in [4.78, 5) is 25.3. The molecule has 0 spiro atoms. The fourth-order valence-corrected chi connectivity index (χ4v) is 1.94. The van der Waals surface area contributed by atoms with Crippen molar-refractivity contribution in [1.82, 2.24) is 5.32 Å². The lowest BCUT2D eigenvalue weighted by Gasteiger charge is -2.15. The van der Waals surface area contributed by atoms with Crippen LogP contribution in [0.15, 0.2) is 36.0 Å². The molecule has 2 amide bonds. The molecule has 0 radical (unpaired) electrons. The third-order valence-corrected chi connectivity index (χ3v) is 3.06. The van der Waals surface area contributed by atoms with Crippen molar-refractivity contribution in [2.75, 3.05) is 11.4 Å². The molecule has 0 saturated heterocycles. The lowest BCUT2D eigenvalue weighted by atomic mass is 10.2. The van der Waals surface area contributed by atoms with Crippen molar-refractivity contribution in [3.8, 4) is 0 Å². The third kappa shape index (κ3) is 2.84. The molecule has 1 aromatic carbocycles. The van der Waals surface area contributed by atoms with Crippen LogP contribution in [0.25, 0.3) is 0 Å². The van der Waals surface area contributed by atoms with E-state index >= 15 is 0 Å². The smallest absolute Gasteiger partial charge is 0.281 e. The van der Waals surface area contributed by atoms with E-state index < -0.39 is 0 Å². The first kappa shape index (κ1) is 13.3. The van der Waals surface area contributed by atoms with E-state index in [2.05, 4.69) is 12.2 Å². The van der Waals surface area contributed by atoms with Gasteiger partial charge in [0.15, 0.2) is 0 Å². The van der Waals surface area contributed by atoms with Crippen LogP contribution in [0.5, 0.6) is 0 Å². The molecule has 0 aromatic heterocycles. The van der Waals surface area contributed by atoms with Crippen LogP contribution in [-0.4, -0.2) is 18.4 Å². The number of nitrogens with zero attached hydrogens (tertiary/aromatic N) is 1. The van der Waals surface area contributed by atoms with Crippen LogP contribution in [-0.2, 0) is 9.59 Å². The Bertz CT molecular complexity index is 517. The first-order chi connectivity index (χ1) is 9.13. The minimum Gasteiger partial charge on any atom is -0.380 e. The summed E-state index contributed by atoms with van der Waals surface area (Å²) in [5, 5.41) is 3.02. The quantitative estimate of drug-likeness (QED) is 0.650. The van der Waals surface area contributed by atoms with Crippen molar-refractivity contribution in [2.45, 2.75) is 26.7 Å². The molecule has 0 atom stereocenters. The molecule has 1 aliphatic heterocycles. The fraction of sp³-hybridized carbons (Fsp3) is 0.333. The zero-order chi connectivity index (χ0) is 13.8. The van der Waals surface area contributed by atoms with E-state index in [1.165, 1.54) is 11.0 Å². The number of imide groups is 1. The van der Waals surface area contributed by atoms with Crippen LogP contribution in [0.2, 0.25) is 0 Å². The van der Waals surface area contributed by atoms with Crippen molar-refractivity contribution in [2.24, 2.45) is 0 Å². The zero-order valence-corrected chi connectivity index (χ0v) is 11.3. The summed E-state index contributed by atoms with van der Waals surface area (Å²) in [7, 11) is 0. The van der Waals surface area contributed by atoms with Gasteiger partial charge in [0.2, 0.25) is 0 Å². The number of unbranched alkanes of at least 4 members (excludes halogenated alkanes) is 1. The lowest BCUT2D eigenvalue weighted by molar-refractivity contribution is -0.120. The molecular formula is C15H18N2O2. The van der Waals surface area contributed by atoms with Crippen molar-refractivity contribution in [3.63, 3.8) is 0 Å². The standard InChI is InChI=1S/C15H18N2O2/c1-3-4-9-16-13-10-14(18)17(15(13)19)12-7-5-11(2)6-8-12/h5-8,10,16H,3-4,9H2,1-2H3. The van der Waals surface area contributed by atoms with Gasteiger partial charge in [0, 0.05) is 12.6 Å². The molecule has 4 heteroatoms. The molecule has 100 valence electrons. The van der Waals surface area contributed by atoms with E-state index in [4.69, 9.17) is 0 Å². The molecule has 0 saturated carbocycles. The number of carbonyl (C=O) groups is 2. The molecular weight excluding hydrogens is 240 g/mol. The number of hydrogen-bond acceptors (Lipinski definition) is 3. The highest BCUT2D eigenvalue weighted by Crippen LogP contribution is 2.21. The minimum atomic E-state index is -0.284. The Kier molecular flexibility index (Phi) is 4.00. The molecule has 0 aliphatic carbocycles. The monoisotopic (exact) mass is 258 g/mol. The summed E-state index contributed by atoms with van der Waals surface area (Å²) >= 11 is 0. The second-order valence-electron chi connectivity index (χ2n) is 4.65. The summed E-state index contributed by atoms with van der Waals surface area (Å²) in [5.74, 6) is -0.558. The summed E-state index contributed by atoms with van der Waals surface area (Å²) in [6.45, 7) is 4.76. The van der Waals surface area contributed by atoms with Gasteiger partial charge in [-0.3, -0.25) is 9.59 Å². The first-order valence-corrected chi connectivity index (χ1v) is 6.54. The average Bonchev–Trinajstić information content (AvgIpc) is 2.67. The Morgan fingerprint density at radius 1 is 1.16 bits per heavy atom. The third-order valence-electron chi connectivity index (χ3n) is 3.06. The number of benzene rings is 1. The van der Waals surface area contributed by atoms with Crippen LogP contribution in [0.1, 0.15) is 25.3 Å². The Balaban J connectivity index is 2.11. The molecule has 1 N–H and O–H groups in total. The maximum Gasteiger partial charge on any atom is 0.281 e. The van der Waals surface area contributed by atoms with Crippen LogP contribution < -0.4 is 10.2 Å². The summed E-state index contributed by atoms with van der Waals surface area (Å²) in [5.41, 5.74) is 2.10. The average molecular weight is 258 g/mol. The van der Waals surface area contributed by atoms with Gasteiger partial charge >= 0.3 is 0 Å². The van der Waals surface area contributed by atoms with E-state index in [0.29, 0.717) is 17.9 Å². The number of rotatable bonds is 5. The van der Waals surface area contributed by atoms with Crippen LogP contribution in [0.4, 0.5) is 5.69 Å². The molecule has 0 fully saturated rings. The van der Waals surface area contributed by atoms with Crippen molar-refractivity contribution in [3.05, 3.63) is 41.6 Å². The van der Waals surface area contributed by atoms with Gasteiger partial charge in [-0.25, -0.2) is 4.90 Å². The summed E-state index contributed by atoms with van der Waals surface area (Å²) in [6, 6.07) is 7.35. The number of aryl methyl sites for hydroxylation is 1. The molecule has 1 aromatic rings. The number of amides is 2. The molecule has 0 bridgehead atoms. The minimum absolute atomic E-state index is 0.273. The van der Waals surface area contributed by atoms with Gasteiger partial charge in [-0.2, -0.15) is 0 Å². The molecule has 0 unspecified atom stereocenters. The van der Waals surface area contributed by atoms with Crippen molar-refractivity contribution in [1.29, 1.82) is 0 Å². The van der Waals surface area contributed by atoms with E-state index in [1.54, 1.807) is 12.1 Å². The van der Waals surface area contributed by atoms with Crippen LogP contribution >= 0.6 is 0 Å². The normalized spacial score (nSPS) is 14.8. The molecule has 19 heavy (non-hydrogen) atoms. The first-order valence-electron chi connectivity index (χ1n) is 6.54. The largest absolute Gasteiger partial charge is 0.380 e.